The van der Waals surface area contributed by atoms with Gasteiger partial charge in [-0.2, -0.15) is 0 Å². The highest BCUT2D eigenvalue weighted by molar-refractivity contribution is 9.10. The van der Waals surface area contributed by atoms with E-state index in [-0.39, 0.29) is 5.11 Å². The molecule has 0 amide bonds. The maximum atomic E-state index is 6.09. The van der Waals surface area contributed by atoms with Gasteiger partial charge < -0.3 is 16.0 Å². The molecule has 0 unspecified atom stereocenters. The quantitative estimate of drug-likeness (QED) is 0.674. The molecule has 0 aliphatic rings. The third kappa shape index (κ3) is 5.80. The fourth-order valence-corrected chi connectivity index (χ4v) is 2.66. The van der Waals surface area contributed by atoms with Crippen molar-refractivity contribution in [1.29, 1.82) is 0 Å². The number of pyridine rings is 1. The van der Waals surface area contributed by atoms with Gasteiger partial charge in [0.1, 0.15) is 5.82 Å². The van der Waals surface area contributed by atoms with Gasteiger partial charge in [-0.1, -0.05) is 29.3 Å². The van der Waals surface area contributed by atoms with Gasteiger partial charge in [-0.3, -0.25) is 0 Å². The second-order valence-corrected chi connectivity index (χ2v) is 6.97. The van der Waals surface area contributed by atoms with Crippen LogP contribution in [0.15, 0.2) is 41.0 Å². The van der Waals surface area contributed by atoms with E-state index in [0.717, 1.165) is 15.9 Å². The summed E-state index contributed by atoms with van der Waals surface area (Å²) in [6.07, 6.45) is 1.76. The first-order valence-electron chi connectivity index (χ1n) is 6.79. The smallest absolute Gasteiger partial charge is 0.163 e. The van der Waals surface area contributed by atoms with Gasteiger partial charge in [-0.15, -0.1) is 0 Å². The summed E-state index contributed by atoms with van der Waals surface area (Å²) in [4.78, 5) is 6.55. The summed E-state index contributed by atoms with van der Waals surface area (Å²) < 4.78 is 0.928. The van der Waals surface area contributed by atoms with Crippen molar-refractivity contribution in [3.8, 4) is 0 Å². The van der Waals surface area contributed by atoms with Crippen molar-refractivity contribution < 1.29 is 0 Å². The Morgan fingerprint density at radius 3 is 2.65 bits per heavy atom. The number of hydrogen-bond acceptors (Lipinski definition) is 3. The largest absolute Gasteiger partial charge is 0.376 e. The molecule has 1 heterocycles. The van der Waals surface area contributed by atoms with Gasteiger partial charge in [0.25, 0.3) is 0 Å². The molecule has 0 fully saturated rings. The minimum Gasteiger partial charge on any atom is -0.376 e. The zero-order valence-corrected chi connectivity index (χ0v) is 16.0. The van der Waals surface area contributed by atoms with Crippen molar-refractivity contribution in [2.45, 2.75) is 6.54 Å². The third-order valence-corrected chi connectivity index (χ3v) is 4.43. The summed E-state index contributed by atoms with van der Waals surface area (Å²) in [6, 6.07) is 9.49. The van der Waals surface area contributed by atoms with Gasteiger partial charge in [-0.05, 0) is 58.0 Å². The normalized spacial score (nSPS) is 10.4. The Balaban J connectivity index is 2.16. The summed E-state index contributed by atoms with van der Waals surface area (Å²) >= 11 is 20.3. The number of hydrogen-bond donors (Lipinski definition) is 2. The molecule has 2 aromatic rings. The van der Waals surface area contributed by atoms with E-state index in [4.69, 9.17) is 41.2 Å². The molecule has 4 nitrogen and oxygen atoms in total. The SMILES string of the molecule is NC(=S)NCCN(Cc1ccc(Cl)c(Cl)c1)c1ccc(Br)cn1. The van der Waals surface area contributed by atoms with Crippen LogP contribution in [0.1, 0.15) is 5.56 Å². The minimum absolute atomic E-state index is 0.281. The van der Waals surface area contributed by atoms with Crippen LogP contribution in [0.25, 0.3) is 0 Å². The van der Waals surface area contributed by atoms with E-state index in [1.54, 1.807) is 12.3 Å². The molecule has 1 aromatic carbocycles. The lowest BCUT2D eigenvalue weighted by Crippen LogP contribution is -2.37. The van der Waals surface area contributed by atoms with Crippen LogP contribution in [0.5, 0.6) is 0 Å². The monoisotopic (exact) mass is 432 g/mol. The maximum Gasteiger partial charge on any atom is 0.163 e. The van der Waals surface area contributed by atoms with Gasteiger partial charge in [0.2, 0.25) is 0 Å². The average molecular weight is 434 g/mol. The van der Waals surface area contributed by atoms with Crippen LogP contribution >= 0.6 is 51.3 Å². The first-order chi connectivity index (χ1) is 11.0. The Hall–Kier alpha value is -1.08. The summed E-state index contributed by atoms with van der Waals surface area (Å²) in [6.45, 7) is 1.95. The van der Waals surface area contributed by atoms with Crippen LogP contribution in [-0.4, -0.2) is 23.2 Å². The van der Waals surface area contributed by atoms with E-state index in [0.29, 0.717) is 29.7 Å². The minimum atomic E-state index is 0.281. The fraction of sp³-hybridized carbons (Fsp3) is 0.200. The van der Waals surface area contributed by atoms with Crippen LogP contribution < -0.4 is 16.0 Å². The molecule has 122 valence electrons. The highest BCUT2D eigenvalue weighted by Crippen LogP contribution is 2.24. The summed E-state index contributed by atoms with van der Waals surface area (Å²) in [5, 5.41) is 4.30. The molecule has 0 saturated carbocycles. The Bertz CT molecular complexity index is 682. The highest BCUT2D eigenvalue weighted by Gasteiger charge is 2.10. The second-order valence-electron chi connectivity index (χ2n) is 4.80. The Morgan fingerprint density at radius 1 is 1.26 bits per heavy atom. The van der Waals surface area contributed by atoms with Gasteiger partial charge in [0.15, 0.2) is 5.11 Å². The molecule has 1 aromatic heterocycles. The predicted octanol–water partition coefficient (Wildman–Crippen LogP) is 3.99. The lowest BCUT2D eigenvalue weighted by atomic mass is 10.2. The first-order valence-corrected chi connectivity index (χ1v) is 8.75. The van der Waals surface area contributed by atoms with E-state index in [1.807, 2.05) is 24.3 Å². The second kappa shape index (κ2) is 8.68. The molecule has 0 atom stereocenters. The average Bonchev–Trinajstić information content (AvgIpc) is 2.50. The number of rotatable bonds is 6. The number of aromatic nitrogens is 1. The van der Waals surface area contributed by atoms with Crippen molar-refractivity contribution in [3.05, 3.63) is 56.6 Å². The van der Waals surface area contributed by atoms with Crippen molar-refractivity contribution in [3.63, 3.8) is 0 Å². The number of halogens is 3. The van der Waals surface area contributed by atoms with Crippen LogP contribution in [0.4, 0.5) is 5.82 Å². The number of thiocarbonyl (C=S) groups is 1. The molecule has 0 saturated heterocycles. The molecule has 23 heavy (non-hydrogen) atoms. The molecule has 0 bridgehead atoms. The molecule has 0 radical (unpaired) electrons. The summed E-state index contributed by atoms with van der Waals surface area (Å²) in [5.41, 5.74) is 6.52. The van der Waals surface area contributed by atoms with Crippen molar-refractivity contribution >= 4 is 62.3 Å². The van der Waals surface area contributed by atoms with Gasteiger partial charge >= 0.3 is 0 Å². The molecular formula is C15H15BrCl2N4S. The van der Waals surface area contributed by atoms with E-state index in [9.17, 15) is 0 Å². The Labute approximate surface area is 159 Å². The number of benzene rings is 1. The van der Waals surface area contributed by atoms with Crippen LogP contribution in [0.2, 0.25) is 10.0 Å². The Kier molecular flexibility index (Phi) is 6.89. The van der Waals surface area contributed by atoms with Crippen LogP contribution in [0, 0.1) is 0 Å². The maximum absolute atomic E-state index is 6.09. The molecule has 0 spiro atoms. The van der Waals surface area contributed by atoms with Gasteiger partial charge in [0.05, 0.1) is 10.0 Å². The fourth-order valence-electron chi connectivity index (χ4n) is 2.00. The predicted molar refractivity (Wildman–Crippen MR) is 104 cm³/mol. The molecule has 3 N–H and O–H groups in total. The van der Waals surface area contributed by atoms with Gasteiger partial charge in [0, 0.05) is 30.3 Å². The summed E-state index contributed by atoms with van der Waals surface area (Å²) in [7, 11) is 0. The number of nitrogens with two attached hydrogens (primary N) is 1. The zero-order chi connectivity index (χ0) is 16.8. The van der Waals surface area contributed by atoms with Crippen LogP contribution in [-0.2, 0) is 6.54 Å². The van der Waals surface area contributed by atoms with E-state index < -0.39 is 0 Å². The summed E-state index contributed by atoms with van der Waals surface area (Å²) in [5.74, 6) is 0.851. The lowest BCUT2D eigenvalue weighted by molar-refractivity contribution is 0.746. The van der Waals surface area contributed by atoms with E-state index in [1.165, 1.54) is 0 Å². The van der Waals surface area contributed by atoms with Crippen molar-refractivity contribution in [2.24, 2.45) is 5.73 Å². The van der Waals surface area contributed by atoms with E-state index in [2.05, 4.69) is 31.1 Å². The zero-order valence-electron chi connectivity index (χ0n) is 12.1. The number of nitrogens with one attached hydrogen (secondary N) is 1. The Morgan fingerprint density at radius 2 is 2.04 bits per heavy atom. The standard InChI is InChI=1S/C15H15BrCl2N4S/c16-11-2-4-14(21-8-11)22(6-5-20-15(19)23)9-10-1-3-12(17)13(18)7-10/h1-4,7-8H,5-6,9H2,(H3,19,20,23). The van der Waals surface area contributed by atoms with Gasteiger partial charge in [-0.25, -0.2) is 4.98 Å². The molecule has 2 rings (SSSR count). The molecule has 8 heteroatoms. The lowest BCUT2D eigenvalue weighted by Gasteiger charge is -2.24. The highest BCUT2D eigenvalue weighted by atomic mass is 79.9. The number of nitrogens with zero attached hydrogens (tertiary/aromatic N) is 2. The molecule has 0 aliphatic carbocycles. The van der Waals surface area contributed by atoms with E-state index >= 15 is 0 Å². The number of anilines is 1. The van der Waals surface area contributed by atoms with Crippen molar-refractivity contribution in [1.82, 2.24) is 10.3 Å². The first kappa shape index (κ1) is 18.3. The molecular weight excluding hydrogens is 419 g/mol. The molecule has 0 aliphatic heterocycles. The van der Waals surface area contributed by atoms with Crippen molar-refractivity contribution in [2.75, 3.05) is 18.0 Å². The third-order valence-electron chi connectivity index (χ3n) is 3.07. The topological polar surface area (TPSA) is 54.2 Å². The van der Waals surface area contributed by atoms with Crippen LogP contribution in [0.3, 0.4) is 0 Å².